The van der Waals surface area contributed by atoms with Gasteiger partial charge in [-0.15, -0.1) is 11.3 Å². The summed E-state index contributed by atoms with van der Waals surface area (Å²) in [4.78, 5) is 4.55. The minimum atomic E-state index is 0.773. The van der Waals surface area contributed by atoms with E-state index in [1.165, 1.54) is 5.56 Å². The van der Waals surface area contributed by atoms with Crippen molar-refractivity contribution < 1.29 is 0 Å². The smallest absolute Gasteiger partial charge is 0.123 e. The van der Waals surface area contributed by atoms with Crippen molar-refractivity contribution in [2.24, 2.45) is 0 Å². The monoisotopic (exact) mass is 320 g/mol. The van der Waals surface area contributed by atoms with E-state index in [1.807, 2.05) is 13.1 Å². The summed E-state index contributed by atoms with van der Waals surface area (Å²) in [6.45, 7) is 2.79. The summed E-state index contributed by atoms with van der Waals surface area (Å²) in [5, 5.41) is 14.8. The van der Waals surface area contributed by atoms with Crippen molar-refractivity contribution in [1.82, 2.24) is 15.2 Å². The molecule has 2 heterocycles. The fourth-order valence-corrected chi connectivity index (χ4v) is 3.34. The number of hydrogen-bond donors (Lipinski definition) is 2. The lowest BCUT2D eigenvalue weighted by atomic mass is 10.1. The molecule has 0 unspecified atom stereocenters. The minimum Gasteiger partial charge on any atom is -0.381 e. The molecule has 0 saturated carbocycles. The van der Waals surface area contributed by atoms with Gasteiger partial charge in [0.05, 0.1) is 11.7 Å². The van der Waals surface area contributed by atoms with E-state index in [2.05, 4.69) is 68.3 Å². The zero-order chi connectivity index (χ0) is 15.6. The van der Waals surface area contributed by atoms with Gasteiger partial charge in [-0.2, -0.15) is 5.10 Å². The van der Waals surface area contributed by atoms with E-state index < -0.39 is 0 Å². The zero-order valence-corrected chi connectivity index (χ0v) is 13.5. The molecule has 0 aliphatic rings. The van der Waals surface area contributed by atoms with Crippen LogP contribution in [0.1, 0.15) is 11.3 Å². The van der Waals surface area contributed by atoms with E-state index in [-0.39, 0.29) is 0 Å². The third kappa shape index (κ3) is 2.96. The van der Waals surface area contributed by atoms with Crippen molar-refractivity contribution >= 4 is 27.9 Å². The van der Waals surface area contributed by atoms with Crippen LogP contribution in [-0.4, -0.2) is 15.2 Å². The molecule has 2 aromatic carbocycles. The van der Waals surface area contributed by atoms with Crippen LogP contribution in [0.5, 0.6) is 0 Å². The first kappa shape index (κ1) is 14.0. The molecule has 0 amide bonds. The van der Waals surface area contributed by atoms with Crippen LogP contribution >= 0.6 is 11.3 Å². The van der Waals surface area contributed by atoms with Gasteiger partial charge in [-0.1, -0.05) is 24.3 Å². The maximum Gasteiger partial charge on any atom is 0.123 e. The van der Waals surface area contributed by atoms with Gasteiger partial charge in [-0.25, -0.2) is 4.98 Å². The average molecular weight is 320 g/mol. The van der Waals surface area contributed by atoms with Crippen LogP contribution in [0.25, 0.3) is 21.5 Å². The van der Waals surface area contributed by atoms with Crippen LogP contribution in [0.2, 0.25) is 0 Å². The predicted molar refractivity (Wildman–Crippen MR) is 95.7 cm³/mol. The Labute approximate surface area is 138 Å². The Kier molecular flexibility index (Phi) is 3.55. The van der Waals surface area contributed by atoms with Gasteiger partial charge in [-0.3, -0.25) is 5.10 Å². The van der Waals surface area contributed by atoms with Crippen molar-refractivity contribution in [3.63, 3.8) is 0 Å². The molecule has 0 aliphatic heterocycles. The number of benzene rings is 2. The highest BCUT2D eigenvalue weighted by Gasteiger charge is 2.04. The minimum absolute atomic E-state index is 0.773. The Morgan fingerprint density at radius 3 is 3.00 bits per heavy atom. The van der Waals surface area contributed by atoms with Gasteiger partial charge in [0.1, 0.15) is 5.01 Å². The molecule has 5 heteroatoms. The lowest BCUT2D eigenvalue weighted by Gasteiger charge is -2.08. The molecule has 0 aliphatic carbocycles. The normalized spacial score (nSPS) is 11.0. The number of aromatic amines is 1. The fourth-order valence-electron chi connectivity index (χ4n) is 2.55. The molecule has 0 radical (unpaired) electrons. The number of aromatic nitrogens is 3. The molecular formula is C18H16N4S. The van der Waals surface area contributed by atoms with Crippen molar-refractivity contribution in [1.29, 1.82) is 0 Å². The molecule has 4 nitrogen and oxygen atoms in total. The van der Waals surface area contributed by atoms with Crippen LogP contribution in [0.4, 0.5) is 5.69 Å². The van der Waals surface area contributed by atoms with Crippen LogP contribution < -0.4 is 5.32 Å². The summed E-state index contributed by atoms with van der Waals surface area (Å²) < 4.78 is 0. The number of rotatable bonds is 4. The van der Waals surface area contributed by atoms with E-state index >= 15 is 0 Å². The largest absolute Gasteiger partial charge is 0.381 e. The maximum absolute atomic E-state index is 4.55. The van der Waals surface area contributed by atoms with Crippen molar-refractivity contribution in [3.8, 4) is 10.6 Å². The Bertz CT molecular complexity index is 954. The predicted octanol–water partition coefficient (Wildman–Crippen LogP) is 4.61. The molecule has 0 spiro atoms. The Morgan fingerprint density at radius 2 is 2.13 bits per heavy atom. The number of nitrogens with one attached hydrogen (secondary N) is 2. The van der Waals surface area contributed by atoms with Crippen LogP contribution in [0.3, 0.4) is 0 Å². The SMILES string of the molecule is Cc1csc(-c2cccc(NCc3ccc4cn[nH]c4c3)c2)n1. The molecule has 0 bridgehead atoms. The van der Waals surface area contributed by atoms with Gasteiger partial charge in [0, 0.05) is 34.3 Å². The van der Waals surface area contributed by atoms with Gasteiger partial charge in [0.25, 0.3) is 0 Å². The van der Waals surface area contributed by atoms with E-state index in [4.69, 9.17) is 0 Å². The van der Waals surface area contributed by atoms with Gasteiger partial charge in [0.2, 0.25) is 0 Å². The summed E-state index contributed by atoms with van der Waals surface area (Å²) in [6.07, 6.45) is 1.84. The molecule has 0 atom stereocenters. The molecule has 23 heavy (non-hydrogen) atoms. The number of hydrogen-bond acceptors (Lipinski definition) is 4. The second-order valence-electron chi connectivity index (χ2n) is 5.52. The molecule has 0 saturated heterocycles. The van der Waals surface area contributed by atoms with Gasteiger partial charge >= 0.3 is 0 Å². The number of fused-ring (bicyclic) bond motifs is 1. The quantitative estimate of drug-likeness (QED) is 0.577. The lowest BCUT2D eigenvalue weighted by Crippen LogP contribution is -1.99. The Hall–Kier alpha value is -2.66. The van der Waals surface area contributed by atoms with Crippen molar-refractivity contribution in [3.05, 3.63) is 65.3 Å². The van der Waals surface area contributed by atoms with E-state index in [0.29, 0.717) is 0 Å². The number of aryl methyl sites for hydroxylation is 1. The van der Waals surface area contributed by atoms with Crippen molar-refractivity contribution in [2.45, 2.75) is 13.5 Å². The van der Waals surface area contributed by atoms with E-state index in [0.717, 1.165) is 39.4 Å². The molecule has 4 rings (SSSR count). The Morgan fingerprint density at radius 1 is 1.17 bits per heavy atom. The molecule has 0 fully saturated rings. The fraction of sp³-hybridized carbons (Fsp3) is 0.111. The second kappa shape index (κ2) is 5.85. The highest BCUT2D eigenvalue weighted by molar-refractivity contribution is 7.13. The second-order valence-corrected chi connectivity index (χ2v) is 6.38. The summed E-state index contributed by atoms with van der Waals surface area (Å²) in [5.41, 5.74) is 5.60. The molecule has 4 aromatic rings. The van der Waals surface area contributed by atoms with Gasteiger partial charge < -0.3 is 5.32 Å². The third-order valence-corrected chi connectivity index (χ3v) is 4.74. The maximum atomic E-state index is 4.55. The number of H-pyrrole nitrogens is 1. The van der Waals surface area contributed by atoms with Crippen LogP contribution in [-0.2, 0) is 6.54 Å². The first-order valence-corrected chi connectivity index (χ1v) is 8.34. The lowest BCUT2D eigenvalue weighted by molar-refractivity contribution is 1.11. The summed E-state index contributed by atoms with van der Waals surface area (Å²) in [7, 11) is 0. The number of nitrogens with zero attached hydrogens (tertiary/aromatic N) is 2. The van der Waals surface area contributed by atoms with Crippen molar-refractivity contribution in [2.75, 3.05) is 5.32 Å². The standard InChI is InChI=1S/C18H16N4S/c1-12-11-23-18(21-12)14-3-2-4-16(8-14)19-9-13-5-6-15-10-20-22-17(15)7-13/h2-8,10-11,19H,9H2,1H3,(H,20,22). The topological polar surface area (TPSA) is 53.6 Å². The average Bonchev–Trinajstić information content (AvgIpc) is 3.21. The summed E-state index contributed by atoms with van der Waals surface area (Å²) in [6, 6.07) is 14.7. The van der Waals surface area contributed by atoms with Gasteiger partial charge in [0.15, 0.2) is 0 Å². The first-order chi connectivity index (χ1) is 11.3. The van der Waals surface area contributed by atoms with Crippen LogP contribution in [0.15, 0.2) is 54.0 Å². The Balaban J connectivity index is 1.52. The zero-order valence-electron chi connectivity index (χ0n) is 12.7. The van der Waals surface area contributed by atoms with E-state index in [1.54, 1.807) is 11.3 Å². The van der Waals surface area contributed by atoms with Gasteiger partial charge in [-0.05, 0) is 30.7 Å². The number of thiazole rings is 1. The highest BCUT2D eigenvalue weighted by atomic mass is 32.1. The number of anilines is 1. The van der Waals surface area contributed by atoms with Crippen LogP contribution in [0, 0.1) is 6.92 Å². The first-order valence-electron chi connectivity index (χ1n) is 7.46. The van der Waals surface area contributed by atoms with E-state index in [9.17, 15) is 0 Å². The highest BCUT2D eigenvalue weighted by Crippen LogP contribution is 2.26. The molecule has 114 valence electrons. The summed E-state index contributed by atoms with van der Waals surface area (Å²) >= 11 is 1.68. The third-order valence-electron chi connectivity index (χ3n) is 3.73. The molecular weight excluding hydrogens is 304 g/mol. The molecule has 2 N–H and O–H groups in total. The molecule has 2 aromatic heterocycles. The summed E-state index contributed by atoms with van der Waals surface area (Å²) in [5.74, 6) is 0.